The summed E-state index contributed by atoms with van der Waals surface area (Å²) < 4.78 is 64.4. The van der Waals surface area contributed by atoms with E-state index in [2.05, 4.69) is 24.1 Å². The molecule has 0 N–H and O–H groups in total. The van der Waals surface area contributed by atoms with Crippen molar-refractivity contribution in [2.45, 2.75) is 24.8 Å². The first-order valence-corrected chi connectivity index (χ1v) is 9.61. The Morgan fingerprint density at radius 2 is 1.63 bits per heavy atom. The van der Waals surface area contributed by atoms with E-state index in [9.17, 15) is 21.6 Å². The van der Waals surface area contributed by atoms with E-state index in [0.717, 1.165) is 22.1 Å². The second-order valence-electron chi connectivity index (χ2n) is 7.02. The van der Waals surface area contributed by atoms with Crippen LogP contribution < -0.4 is 4.18 Å². The van der Waals surface area contributed by atoms with Gasteiger partial charge in [0.1, 0.15) is 5.75 Å². The molecule has 0 saturated heterocycles. The van der Waals surface area contributed by atoms with Crippen molar-refractivity contribution in [3.63, 3.8) is 0 Å². The van der Waals surface area contributed by atoms with Gasteiger partial charge in [-0.1, -0.05) is 56.3 Å². The summed E-state index contributed by atoms with van der Waals surface area (Å²) in [4.78, 5) is 0. The maximum absolute atomic E-state index is 12.6. The molecule has 0 bridgehead atoms. The molecule has 27 heavy (non-hydrogen) atoms. The first kappa shape index (κ1) is 17.9. The van der Waals surface area contributed by atoms with Gasteiger partial charge in [0.15, 0.2) is 0 Å². The highest BCUT2D eigenvalue weighted by Crippen LogP contribution is 2.51. The molecule has 7 heteroatoms. The maximum Gasteiger partial charge on any atom is 0.534 e. The lowest BCUT2D eigenvalue weighted by atomic mass is 9.80. The molecule has 0 atom stereocenters. The lowest BCUT2D eigenvalue weighted by Crippen LogP contribution is -2.28. The zero-order valence-corrected chi connectivity index (χ0v) is 15.3. The molecule has 0 amide bonds. The number of alkyl halides is 3. The second kappa shape index (κ2) is 5.48. The van der Waals surface area contributed by atoms with E-state index in [1.54, 1.807) is 12.1 Å². The number of halogens is 3. The minimum atomic E-state index is -5.70. The number of benzene rings is 3. The average molecular weight is 392 g/mol. The summed E-state index contributed by atoms with van der Waals surface area (Å²) in [5.74, 6) is -0.368. The molecule has 3 nitrogen and oxygen atoms in total. The minimum Gasteiger partial charge on any atom is -0.376 e. The molecule has 3 aromatic rings. The molecule has 0 aromatic heterocycles. The van der Waals surface area contributed by atoms with Gasteiger partial charge < -0.3 is 4.18 Å². The monoisotopic (exact) mass is 392 g/mol. The van der Waals surface area contributed by atoms with Crippen LogP contribution in [0.25, 0.3) is 21.9 Å². The fourth-order valence-electron chi connectivity index (χ4n) is 3.83. The molecule has 3 aromatic carbocycles. The van der Waals surface area contributed by atoms with Crippen molar-refractivity contribution in [3.8, 4) is 16.9 Å². The molecule has 140 valence electrons. The molecule has 0 saturated carbocycles. The van der Waals surface area contributed by atoms with Crippen LogP contribution in [0.2, 0.25) is 0 Å². The van der Waals surface area contributed by atoms with Crippen molar-refractivity contribution in [3.05, 3.63) is 65.7 Å². The van der Waals surface area contributed by atoms with Crippen LogP contribution in [0.4, 0.5) is 13.2 Å². The second-order valence-corrected chi connectivity index (χ2v) is 8.56. The van der Waals surface area contributed by atoms with Gasteiger partial charge in [-0.05, 0) is 45.2 Å². The number of hydrogen-bond donors (Lipinski definition) is 0. The van der Waals surface area contributed by atoms with Crippen LogP contribution in [0.5, 0.6) is 5.75 Å². The summed E-state index contributed by atoms with van der Waals surface area (Å²) in [6.45, 7) is 4.19. The topological polar surface area (TPSA) is 43.4 Å². The lowest BCUT2D eigenvalue weighted by molar-refractivity contribution is -0.0500. The molecule has 0 unspecified atom stereocenters. The van der Waals surface area contributed by atoms with E-state index in [-0.39, 0.29) is 11.2 Å². The van der Waals surface area contributed by atoms with E-state index in [1.807, 2.05) is 24.3 Å². The highest BCUT2D eigenvalue weighted by molar-refractivity contribution is 7.88. The highest BCUT2D eigenvalue weighted by Gasteiger charge is 2.48. The predicted molar refractivity (Wildman–Crippen MR) is 97.1 cm³/mol. The standard InChI is InChI=1S/C20H15F3O3S/c1-19(2)17-6-4-3-5-15(17)16-9-7-12-11-13(8-10-14(12)18(16)19)26-27(24,25)20(21,22)23/h3-11H,1-2H3. The highest BCUT2D eigenvalue weighted by atomic mass is 32.2. The zero-order valence-electron chi connectivity index (χ0n) is 14.5. The Hall–Kier alpha value is -2.54. The maximum atomic E-state index is 12.6. The quantitative estimate of drug-likeness (QED) is 0.435. The summed E-state index contributed by atoms with van der Waals surface area (Å²) >= 11 is 0. The van der Waals surface area contributed by atoms with Gasteiger partial charge in [-0.15, -0.1) is 0 Å². The summed E-state index contributed by atoms with van der Waals surface area (Å²) in [5.41, 5.74) is -1.33. The van der Waals surface area contributed by atoms with Crippen molar-refractivity contribution < 1.29 is 25.8 Å². The lowest BCUT2D eigenvalue weighted by Gasteiger charge is -2.23. The van der Waals surface area contributed by atoms with Crippen LogP contribution in [-0.4, -0.2) is 13.9 Å². The van der Waals surface area contributed by atoms with E-state index in [1.165, 1.54) is 17.7 Å². The molecular formula is C20H15F3O3S. The third kappa shape index (κ3) is 2.60. The van der Waals surface area contributed by atoms with Gasteiger partial charge in [-0.25, -0.2) is 0 Å². The van der Waals surface area contributed by atoms with Crippen LogP contribution in [0.15, 0.2) is 54.6 Å². The minimum absolute atomic E-state index is 0.286. The van der Waals surface area contributed by atoms with Gasteiger partial charge in [-0.3, -0.25) is 0 Å². The molecule has 1 aliphatic rings. The van der Waals surface area contributed by atoms with Gasteiger partial charge in [0.2, 0.25) is 0 Å². The Morgan fingerprint density at radius 1 is 0.926 bits per heavy atom. The first-order valence-electron chi connectivity index (χ1n) is 8.20. The van der Waals surface area contributed by atoms with Gasteiger partial charge in [0, 0.05) is 5.41 Å². The van der Waals surface area contributed by atoms with Crippen molar-refractivity contribution in [2.75, 3.05) is 0 Å². The molecule has 0 fully saturated rings. The van der Waals surface area contributed by atoms with Crippen LogP contribution >= 0.6 is 0 Å². The summed E-state index contributed by atoms with van der Waals surface area (Å²) in [6.07, 6.45) is 0. The van der Waals surface area contributed by atoms with Gasteiger partial charge in [0.05, 0.1) is 0 Å². The van der Waals surface area contributed by atoms with Crippen LogP contribution in [-0.2, 0) is 15.5 Å². The molecule has 0 aliphatic heterocycles. The largest absolute Gasteiger partial charge is 0.534 e. The average Bonchev–Trinajstić information content (AvgIpc) is 2.82. The summed E-state index contributed by atoms with van der Waals surface area (Å²) in [7, 11) is -5.70. The van der Waals surface area contributed by atoms with Crippen molar-refractivity contribution >= 4 is 20.9 Å². The van der Waals surface area contributed by atoms with E-state index in [4.69, 9.17) is 0 Å². The first-order chi connectivity index (χ1) is 12.5. The van der Waals surface area contributed by atoms with E-state index < -0.39 is 15.6 Å². The van der Waals surface area contributed by atoms with Gasteiger partial charge >= 0.3 is 15.6 Å². The van der Waals surface area contributed by atoms with Crippen molar-refractivity contribution in [1.82, 2.24) is 0 Å². The predicted octanol–water partition coefficient (Wildman–Crippen LogP) is 5.37. The van der Waals surface area contributed by atoms with Crippen LogP contribution in [0.1, 0.15) is 25.0 Å². The number of fused-ring (bicyclic) bond motifs is 5. The molecule has 1 aliphatic carbocycles. The molecular weight excluding hydrogens is 377 g/mol. The number of hydrogen-bond acceptors (Lipinski definition) is 3. The van der Waals surface area contributed by atoms with Crippen molar-refractivity contribution in [2.24, 2.45) is 0 Å². The summed E-state index contributed by atoms with van der Waals surface area (Å²) in [5, 5.41) is 1.47. The van der Waals surface area contributed by atoms with Crippen LogP contribution in [0.3, 0.4) is 0 Å². The Kier molecular flexibility index (Phi) is 3.63. The normalized spacial score (nSPS) is 15.4. The van der Waals surface area contributed by atoms with Crippen LogP contribution in [0, 0.1) is 0 Å². The molecule has 4 rings (SSSR count). The molecule has 0 radical (unpaired) electrons. The smallest absolute Gasteiger partial charge is 0.376 e. The Labute approximate surface area is 154 Å². The fraction of sp³-hybridized carbons (Fsp3) is 0.200. The summed E-state index contributed by atoms with van der Waals surface area (Å²) in [6, 6.07) is 15.9. The third-order valence-electron chi connectivity index (χ3n) is 5.00. The van der Waals surface area contributed by atoms with Crippen molar-refractivity contribution in [1.29, 1.82) is 0 Å². The number of rotatable bonds is 2. The SMILES string of the molecule is CC1(C)c2ccccc2-c2ccc3cc(OS(=O)(=O)C(F)(F)F)ccc3c21. The molecule has 0 heterocycles. The van der Waals surface area contributed by atoms with Gasteiger partial charge in [0.25, 0.3) is 0 Å². The van der Waals surface area contributed by atoms with E-state index in [0.29, 0.717) is 5.39 Å². The Balaban J connectivity index is 1.87. The Morgan fingerprint density at radius 3 is 2.33 bits per heavy atom. The van der Waals surface area contributed by atoms with E-state index >= 15 is 0 Å². The van der Waals surface area contributed by atoms with Gasteiger partial charge in [-0.2, -0.15) is 21.6 Å². The fourth-order valence-corrected chi connectivity index (χ4v) is 4.28. The zero-order chi connectivity index (χ0) is 19.6. The Bertz CT molecular complexity index is 1180. The third-order valence-corrected chi connectivity index (χ3v) is 5.98. The molecule has 0 spiro atoms.